The standard InChI is InChI=1S/C17H14F3N3OS/c1-24-13-7-3-11(4-8-13)15-21-16(17(18,19)20)22-23(15)12-5-9-14(25-2)10-6-12/h3-10H,1-2H3. The quantitative estimate of drug-likeness (QED) is 0.629. The van der Waals surface area contributed by atoms with E-state index in [1.807, 2.05) is 18.4 Å². The third-order valence-corrected chi connectivity index (χ3v) is 4.27. The van der Waals surface area contributed by atoms with Gasteiger partial charge in [0, 0.05) is 10.5 Å². The molecule has 0 saturated carbocycles. The summed E-state index contributed by atoms with van der Waals surface area (Å²) < 4.78 is 45.5. The average Bonchev–Trinajstić information content (AvgIpc) is 3.07. The van der Waals surface area contributed by atoms with Crippen LogP contribution in [-0.2, 0) is 6.18 Å². The Morgan fingerprint density at radius 1 is 1.00 bits per heavy atom. The van der Waals surface area contributed by atoms with Gasteiger partial charge in [0.15, 0.2) is 5.82 Å². The van der Waals surface area contributed by atoms with E-state index in [1.165, 1.54) is 11.8 Å². The summed E-state index contributed by atoms with van der Waals surface area (Å²) in [7, 11) is 1.52. The molecule has 0 spiro atoms. The minimum atomic E-state index is -4.62. The Labute approximate surface area is 146 Å². The van der Waals surface area contributed by atoms with E-state index >= 15 is 0 Å². The maximum Gasteiger partial charge on any atom is 0.453 e. The summed E-state index contributed by atoms with van der Waals surface area (Å²) in [6.45, 7) is 0. The van der Waals surface area contributed by atoms with Crippen LogP contribution in [0.2, 0.25) is 0 Å². The first-order valence-corrected chi connectivity index (χ1v) is 8.48. The molecule has 1 heterocycles. The lowest BCUT2D eigenvalue weighted by Gasteiger charge is -2.07. The number of benzene rings is 2. The van der Waals surface area contributed by atoms with Gasteiger partial charge < -0.3 is 4.74 Å². The number of halogens is 3. The highest BCUT2D eigenvalue weighted by molar-refractivity contribution is 7.98. The van der Waals surface area contributed by atoms with Crippen LogP contribution in [0.5, 0.6) is 5.75 Å². The highest BCUT2D eigenvalue weighted by Gasteiger charge is 2.37. The van der Waals surface area contributed by atoms with Gasteiger partial charge in [0.1, 0.15) is 5.75 Å². The van der Waals surface area contributed by atoms with Gasteiger partial charge in [-0.15, -0.1) is 16.9 Å². The topological polar surface area (TPSA) is 39.9 Å². The molecule has 4 nitrogen and oxygen atoms in total. The number of hydrogen-bond donors (Lipinski definition) is 0. The summed E-state index contributed by atoms with van der Waals surface area (Å²) in [5.41, 5.74) is 1.02. The van der Waals surface area contributed by atoms with Crippen LogP contribution in [0.3, 0.4) is 0 Å². The molecule has 0 saturated heterocycles. The van der Waals surface area contributed by atoms with Crippen molar-refractivity contribution in [3.63, 3.8) is 0 Å². The second-order valence-electron chi connectivity index (χ2n) is 5.10. The number of rotatable bonds is 4. The summed E-state index contributed by atoms with van der Waals surface area (Å²) >= 11 is 1.55. The molecule has 2 aromatic carbocycles. The SMILES string of the molecule is COc1ccc(-c2nc(C(F)(F)F)nn2-c2ccc(SC)cc2)cc1. The van der Waals surface area contributed by atoms with E-state index in [0.29, 0.717) is 17.0 Å². The molecule has 0 aliphatic rings. The van der Waals surface area contributed by atoms with Crippen molar-refractivity contribution in [2.24, 2.45) is 0 Å². The van der Waals surface area contributed by atoms with Crippen molar-refractivity contribution >= 4 is 11.8 Å². The van der Waals surface area contributed by atoms with E-state index in [1.54, 1.807) is 48.2 Å². The lowest BCUT2D eigenvalue weighted by atomic mass is 10.2. The Balaban J connectivity index is 2.12. The maximum absolute atomic E-state index is 13.1. The molecule has 0 aliphatic carbocycles. The Bertz CT molecular complexity index is 793. The Morgan fingerprint density at radius 3 is 2.16 bits per heavy atom. The lowest BCUT2D eigenvalue weighted by molar-refractivity contribution is -0.144. The van der Waals surface area contributed by atoms with Gasteiger partial charge >= 0.3 is 6.18 Å². The molecule has 25 heavy (non-hydrogen) atoms. The van der Waals surface area contributed by atoms with Crippen LogP contribution in [-0.4, -0.2) is 28.1 Å². The predicted octanol–water partition coefficient (Wildman–Crippen LogP) is 4.68. The summed E-state index contributed by atoms with van der Waals surface area (Å²) in [4.78, 5) is 4.71. The molecule has 130 valence electrons. The Hall–Kier alpha value is -2.48. The predicted molar refractivity (Wildman–Crippen MR) is 90.1 cm³/mol. The number of methoxy groups -OCH3 is 1. The summed E-state index contributed by atoms with van der Waals surface area (Å²) in [6, 6.07) is 13.7. The van der Waals surface area contributed by atoms with Crippen molar-refractivity contribution in [2.75, 3.05) is 13.4 Å². The number of ether oxygens (including phenoxy) is 1. The van der Waals surface area contributed by atoms with Gasteiger partial charge in [-0.2, -0.15) is 13.2 Å². The second kappa shape index (κ2) is 6.79. The molecule has 3 rings (SSSR count). The van der Waals surface area contributed by atoms with Gasteiger partial charge in [0.25, 0.3) is 5.82 Å². The lowest BCUT2D eigenvalue weighted by Crippen LogP contribution is -2.08. The van der Waals surface area contributed by atoms with Gasteiger partial charge in [0.2, 0.25) is 0 Å². The third kappa shape index (κ3) is 3.63. The molecular weight excluding hydrogens is 351 g/mol. The van der Waals surface area contributed by atoms with Crippen LogP contribution in [0.4, 0.5) is 13.2 Å². The van der Waals surface area contributed by atoms with Gasteiger partial charge in [-0.1, -0.05) is 0 Å². The van der Waals surface area contributed by atoms with Gasteiger partial charge in [0.05, 0.1) is 12.8 Å². The number of thioether (sulfide) groups is 1. The average molecular weight is 365 g/mol. The number of aromatic nitrogens is 3. The van der Waals surface area contributed by atoms with Crippen molar-refractivity contribution in [1.29, 1.82) is 0 Å². The second-order valence-corrected chi connectivity index (χ2v) is 5.97. The zero-order chi connectivity index (χ0) is 18.0. The number of alkyl halides is 3. The van der Waals surface area contributed by atoms with Crippen molar-refractivity contribution in [3.05, 3.63) is 54.4 Å². The normalized spacial score (nSPS) is 11.6. The van der Waals surface area contributed by atoms with Gasteiger partial charge in [-0.05, 0) is 54.8 Å². The highest BCUT2D eigenvalue weighted by Crippen LogP contribution is 2.31. The van der Waals surface area contributed by atoms with Crippen LogP contribution in [0.1, 0.15) is 5.82 Å². The van der Waals surface area contributed by atoms with E-state index in [-0.39, 0.29) is 5.82 Å². The first kappa shape index (κ1) is 17.3. The smallest absolute Gasteiger partial charge is 0.453 e. The molecule has 1 aromatic heterocycles. The molecule has 8 heteroatoms. The van der Waals surface area contributed by atoms with Crippen molar-refractivity contribution in [3.8, 4) is 22.8 Å². The van der Waals surface area contributed by atoms with E-state index in [2.05, 4.69) is 10.1 Å². The fourth-order valence-corrected chi connectivity index (χ4v) is 2.67. The number of nitrogens with zero attached hydrogens (tertiary/aromatic N) is 3. The zero-order valence-corrected chi connectivity index (χ0v) is 14.2. The molecule has 0 bridgehead atoms. The molecular formula is C17H14F3N3OS. The zero-order valence-electron chi connectivity index (χ0n) is 13.4. The van der Waals surface area contributed by atoms with E-state index in [9.17, 15) is 13.2 Å². The molecule has 3 aromatic rings. The van der Waals surface area contributed by atoms with Crippen LogP contribution in [0.15, 0.2) is 53.4 Å². The molecule has 0 amide bonds. The molecule has 0 aliphatic heterocycles. The summed E-state index contributed by atoms with van der Waals surface area (Å²) in [6.07, 6.45) is -2.69. The summed E-state index contributed by atoms with van der Waals surface area (Å²) in [5.74, 6) is -0.450. The van der Waals surface area contributed by atoms with Crippen molar-refractivity contribution in [1.82, 2.24) is 14.8 Å². The molecule has 0 radical (unpaired) electrons. The molecule has 0 atom stereocenters. The molecule has 0 fully saturated rings. The highest BCUT2D eigenvalue weighted by atomic mass is 32.2. The fraction of sp³-hybridized carbons (Fsp3) is 0.176. The minimum absolute atomic E-state index is 0.117. The maximum atomic E-state index is 13.1. The van der Waals surface area contributed by atoms with Crippen LogP contribution in [0.25, 0.3) is 17.1 Å². The van der Waals surface area contributed by atoms with Crippen molar-refractivity contribution < 1.29 is 17.9 Å². The fourth-order valence-electron chi connectivity index (χ4n) is 2.26. The third-order valence-electron chi connectivity index (χ3n) is 3.53. The minimum Gasteiger partial charge on any atom is -0.497 e. The molecule has 0 unspecified atom stereocenters. The van der Waals surface area contributed by atoms with Gasteiger partial charge in [-0.3, -0.25) is 0 Å². The van der Waals surface area contributed by atoms with E-state index in [4.69, 9.17) is 4.74 Å². The van der Waals surface area contributed by atoms with Crippen LogP contribution in [0, 0.1) is 0 Å². The first-order valence-electron chi connectivity index (χ1n) is 7.25. The summed E-state index contributed by atoms with van der Waals surface area (Å²) in [5, 5.41) is 3.67. The molecule has 0 N–H and O–H groups in total. The van der Waals surface area contributed by atoms with Crippen molar-refractivity contribution in [2.45, 2.75) is 11.1 Å². The van der Waals surface area contributed by atoms with E-state index in [0.717, 1.165) is 4.90 Å². The van der Waals surface area contributed by atoms with E-state index < -0.39 is 12.0 Å². The van der Waals surface area contributed by atoms with Crippen LogP contribution < -0.4 is 4.74 Å². The largest absolute Gasteiger partial charge is 0.497 e. The monoisotopic (exact) mass is 365 g/mol. The Kier molecular flexibility index (Phi) is 4.71. The van der Waals surface area contributed by atoms with Gasteiger partial charge in [-0.25, -0.2) is 9.67 Å². The van der Waals surface area contributed by atoms with Crippen LogP contribution >= 0.6 is 11.8 Å². The Morgan fingerprint density at radius 2 is 1.64 bits per heavy atom. The first-order chi connectivity index (χ1) is 11.9. The number of hydrogen-bond acceptors (Lipinski definition) is 4.